The Morgan fingerprint density at radius 3 is 2.68 bits per heavy atom. The molecule has 1 saturated heterocycles. The lowest BCUT2D eigenvalue weighted by atomic mass is 9.85. The summed E-state index contributed by atoms with van der Waals surface area (Å²) in [6.07, 6.45) is 3.02. The largest absolute Gasteiger partial charge is 0.454 e. The van der Waals surface area contributed by atoms with Crippen LogP contribution in [0.5, 0.6) is 11.5 Å². The van der Waals surface area contributed by atoms with Crippen molar-refractivity contribution in [2.24, 2.45) is 0 Å². The molecule has 1 fully saturated rings. The van der Waals surface area contributed by atoms with Crippen LogP contribution in [-0.4, -0.2) is 24.1 Å². The van der Waals surface area contributed by atoms with Crippen molar-refractivity contribution in [1.29, 1.82) is 0 Å². The van der Waals surface area contributed by atoms with Crippen molar-refractivity contribution in [2.75, 3.05) is 6.79 Å². The smallest absolute Gasteiger partial charge is 0.231 e. The van der Waals surface area contributed by atoms with Gasteiger partial charge in [-0.25, -0.2) is 0 Å². The second-order valence-corrected chi connectivity index (χ2v) is 7.46. The highest BCUT2D eigenvalue weighted by Gasteiger charge is 2.37. The number of ether oxygens (including phenoxy) is 2. The van der Waals surface area contributed by atoms with Crippen LogP contribution in [0.2, 0.25) is 0 Å². The van der Waals surface area contributed by atoms with Gasteiger partial charge in [0, 0.05) is 24.9 Å². The van der Waals surface area contributed by atoms with Crippen LogP contribution < -0.4 is 20.1 Å². The normalized spacial score (nSPS) is 20.1. The maximum absolute atomic E-state index is 12.4. The lowest BCUT2D eigenvalue weighted by Gasteiger charge is -2.29. The average molecular weight is 380 g/mol. The molecule has 1 unspecified atom stereocenters. The summed E-state index contributed by atoms with van der Waals surface area (Å²) in [5, 5.41) is 6.08. The van der Waals surface area contributed by atoms with E-state index in [1.807, 2.05) is 36.4 Å². The van der Waals surface area contributed by atoms with E-state index in [1.165, 1.54) is 5.56 Å². The Hall–Kier alpha value is -3.02. The molecular weight excluding hydrogens is 356 g/mol. The molecule has 6 heteroatoms. The molecule has 2 aliphatic rings. The molecule has 2 aromatic carbocycles. The molecule has 0 radical (unpaired) electrons. The second-order valence-electron chi connectivity index (χ2n) is 7.46. The summed E-state index contributed by atoms with van der Waals surface area (Å²) in [6.45, 7) is 0.674. The molecule has 2 amide bonds. The first kappa shape index (κ1) is 18.3. The number of carbonyl (C=O) groups excluding carboxylic acids is 2. The third-order valence-electron chi connectivity index (χ3n) is 5.38. The third-order valence-corrected chi connectivity index (χ3v) is 5.38. The Kier molecular flexibility index (Phi) is 5.19. The minimum atomic E-state index is -0.339. The summed E-state index contributed by atoms with van der Waals surface area (Å²) in [6, 6.07) is 15.8. The molecule has 2 aliphatic heterocycles. The first-order valence-electron chi connectivity index (χ1n) is 9.62. The van der Waals surface area contributed by atoms with Gasteiger partial charge in [0.25, 0.3) is 0 Å². The van der Waals surface area contributed by atoms with Crippen molar-refractivity contribution in [3.05, 3.63) is 59.7 Å². The zero-order valence-electron chi connectivity index (χ0n) is 15.7. The van der Waals surface area contributed by atoms with Gasteiger partial charge >= 0.3 is 0 Å². The molecule has 0 bridgehead atoms. The van der Waals surface area contributed by atoms with Gasteiger partial charge in [0.1, 0.15) is 0 Å². The third kappa shape index (κ3) is 4.27. The molecule has 2 N–H and O–H groups in total. The van der Waals surface area contributed by atoms with Crippen LogP contribution in [-0.2, 0) is 22.6 Å². The fourth-order valence-electron chi connectivity index (χ4n) is 3.86. The van der Waals surface area contributed by atoms with Gasteiger partial charge in [-0.05, 0) is 42.5 Å². The van der Waals surface area contributed by atoms with E-state index in [9.17, 15) is 9.59 Å². The van der Waals surface area contributed by atoms with Crippen LogP contribution >= 0.6 is 0 Å². The Morgan fingerprint density at radius 1 is 1.07 bits per heavy atom. The van der Waals surface area contributed by atoms with E-state index in [0.717, 1.165) is 24.2 Å². The van der Waals surface area contributed by atoms with Gasteiger partial charge in [0.05, 0.1) is 0 Å². The predicted octanol–water partition coefficient (Wildman–Crippen LogP) is 2.70. The van der Waals surface area contributed by atoms with Crippen LogP contribution in [0.15, 0.2) is 48.5 Å². The molecular formula is C22H24N2O4. The summed E-state index contributed by atoms with van der Waals surface area (Å²) in [5.74, 6) is 1.49. The fraction of sp³-hybridized carbons (Fsp3) is 0.364. The van der Waals surface area contributed by atoms with Crippen molar-refractivity contribution in [2.45, 2.75) is 44.2 Å². The van der Waals surface area contributed by atoms with Crippen LogP contribution in [0.25, 0.3) is 0 Å². The van der Waals surface area contributed by atoms with Gasteiger partial charge in [0.15, 0.2) is 11.5 Å². The molecule has 28 heavy (non-hydrogen) atoms. The molecule has 2 heterocycles. The first-order valence-corrected chi connectivity index (χ1v) is 9.62. The zero-order chi connectivity index (χ0) is 19.4. The summed E-state index contributed by atoms with van der Waals surface area (Å²) in [4.78, 5) is 24.3. The van der Waals surface area contributed by atoms with Crippen molar-refractivity contribution in [1.82, 2.24) is 10.6 Å². The highest BCUT2D eigenvalue weighted by molar-refractivity contribution is 5.80. The standard InChI is InChI=1S/C22H24N2O4/c25-20(23-14-17-6-7-18-19(12-17)28-15-27-18)8-10-22(11-9-21(26)24-22)13-16-4-2-1-3-5-16/h1-7,12H,8-11,13-15H2,(H,23,25)(H,24,26). The van der Waals surface area contributed by atoms with Gasteiger partial charge in [-0.3, -0.25) is 9.59 Å². The van der Waals surface area contributed by atoms with E-state index >= 15 is 0 Å². The summed E-state index contributed by atoms with van der Waals surface area (Å²) in [7, 11) is 0. The fourth-order valence-corrected chi connectivity index (χ4v) is 3.86. The Labute approximate surface area is 164 Å². The van der Waals surface area contributed by atoms with Crippen LogP contribution in [0.4, 0.5) is 0 Å². The quantitative estimate of drug-likeness (QED) is 0.774. The van der Waals surface area contributed by atoms with E-state index in [0.29, 0.717) is 31.6 Å². The topological polar surface area (TPSA) is 76.7 Å². The Bertz CT molecular complexity index is 868. The van der Waals surface area contributed by atoms with Crippen LogP contribution in [0.1, 0.15) is 36.8 Å². The minimum Gasteiger partial charge on any atom is -0.454 e. The summed E-state index contributed by atoms with van der Waals surface area (Å²) >= 11 is 0. The maximum atomic E-state index is 12.4. The molecule has 6 nitrogen and oxygen atoms in total. The predicted molar refractivity (Wildman–Crippen MR) is 104 cm³/mol. The number of fused-ring (bicyclic) bond motifs is 1. The monoisotopic (exact) mass is 380 g/mol. The van der Waals surface area contributed by atoms with Gasteiger partial charge in [-0.1, -0.05) is 36.4 Å². The van der Waals surface area contributed by atoms with E-state index in [-0.39, 0.29) is 24.1 Å². The van der Waals surface area contributed by atoms with E-state index in [4.69, 9.17) is 9.47 Å². The van der Waals surface area contributed by atoms with Crippen molar-refractivity contribution < 1.29 is 19.1 Å². The van der Waals surface area contributed by atoms with E-state index in [1.54, 1.807) is 0 Å². The van der Waals surface area contributed by atoms with Crippen molar-refractivity contribution in [3.63, 3.8) is 0 Å². The first-order chi connectivity index (χ1) is 13.6. The molecule has 0 saturated carbocycles. The van der Waals surface area contributed by atoms with E-state index < -0.39 is 0 Å². The molecule has 2 aromatic rings. The maximum Gasteiger partial charge on any atom is 0.231 e. The number of benzene rings is 2. The number of nitrogens with one attached hydrogen (secondary N) is 2. The summed E-state index contributed by atoms with van der Waals surface area (Å²) in [5.41, 5.74) is 1.80. The Morgan fingerprint density at radius 2 is 1.89 bits per heavy atom. The van der Waals surface area contributed by atoms with Gasteiger partial charge < -0.3 is 20.1 Å². The lowest BCUT2D eigenvalue weighted by Crippen LogP contribution is -2.44. The van der Waals surface area contributed by atoms with Crippen molar-refractivity contribution >= 4 is 11.8 Å². The minimum absolute atomic E-state index is 0.0220. The molecule has 146 valence electrons. The van der Waals surface area contributed by atoms with E-state index in [2.05, 4.69) is 22.8 Å². The average Bonchev–Trinajstić information content (AvgIpc) is 3.32. The highest BCUT2D eigenvalue weighted by Crippen LogP contribution is 2.32. The number of hydrogen-bond donors (Lipinski definition) is 2. The van der Waals surface area contributed by atoms with Crippen LogP contribution in [0.3, 0.4) is 0 Å². The molecule has 1 atom stereocenters. The number of amides is 2. The highest BCUT2D eigenvalue weighted by atomic mass is 16.7. The number of carbonyl (C=O) groups is 2. The molecule has 4 rings (SSSR count). The zero-order valence-corrected chi connectivity index (χ0v) is 15.7. The van der Waals surface area contributed by atoms with Gasteiger partial charge in [-0.2, -0.15) is 0 Å². The lowest BCUT2D eigenvalue weighted by molar-refractivity contribution is -0.122. The molecule has 0 spiro atoms. The second kappa shape index (κ2) is 7.92. The number of rotatable bonds is 7. The SMILES string of the molecule is O=C(CCC1(Cc2ccccc2)CCC(=O)N1)NCc1ccc2c(c1)OCO2. The Balaban J connectivity index is 1.32. The van der Waals surface area contributed by atoms with Gasteiger partial charge in [0.2, 0.25) is 18.6 Å². The molecule has 0 aliphatic carbocycles. The number of hydrogen-bond acceptors (Lipinski definition) is 4. The summed E-state index contributed by atoms with van der Waals surface area (Å²) < 4.78 is 10.7. The molecule has 0 aromatic heterocycles. The van der Waals surface area contributed by atoms with Crippen molar-refractivity contribution in [3.8, 4) is 11.5 Å². The van der Waals surface area contributed by atoms with Crippen LogP contribution in [0, 0.1) is 0 Å². The van der Waals surface area contributed by atoms with Gasteiger partial charge in [-0.15, -0.1) is 0 Å².